The van der Waals surface area contributed by atoms with Crippen molar-refractivity contribution in [2.75, 3.05) is 24.6 Å². The summed E-state index contributed by atoms with van der Waals surface area (Å²) in [6.07, 6.45) is 0. The van der Waals surface area contributed by atoms with Crippen molar-refractivity contribution in [2.45, 2.75) is 22.5 Å². The molecule has 3 aliphatic rings. The number of carboxylic acids is 1. The number of thiophene rings is 1. The van der Waals surface area contributed by atoms with Crippen LogP contribution in [-0.4, -0.2) is 86.0 Å². The quantitative estimate of drug-likeness (QED) is 0.109. The van der Waals surface area contributed by atoms with Gasteiger partial charge in [-0.15, -0.1) is 23.1 Å². The maximum Gasteiger partial charge on any atom is 0.352 e. The molecule has 2 aromatic heterocycles. The first kappa shape index (κ1) is 28.8. The number of hydrogen-bond acceptors (Lipinski definition) is 10. The molecule has 15 nitrogen and oxygen atoms in total. The summed E-state index contributed by atoms with van der Waals surface area (Å²) in [5.41, 5.74) is 2.65. The average molecular weight is 641 g/mol. The van der Waals surface area contributed by atoms with E-state index in [1.807, 2.05) is 0 Å². The molecule has 3 atom stereocenters. The van der Waals surface area contributed by atoms with E-state index in [0.29, 0.717) is 22.0 Å². The van der Waals surface area contributed by atoms with Gasteiger partial charge in [0.05, 0.1) is 6.54 Å². The van der Waals surface area contributed by atoms with Crippen LogP contribution in [0.3, 0.4) is 0 Å². The lowest BCUT2D eigenvalue weighted by molar-refractivity contribution is -0.670. The van der Waals surface area contributed by atoms with E-state index in [0.717, 1.165) is 21.7 Å². The van der Waals surface area contributed by atoms with Crippen LogP contribution in [0.5, 0.6) is 0 Å². The monoisotopic (exact) mass is 640 g/mol. The van der Waals surface area contributed by atoms with Crippen LogP contribution >= 0.6 is 46.5 Å². The summed E-state index contributed by atoms with van der Waals surface area (Å²) in [6, 6.07) is 2.77. The van der Waals surface area contributed by atoms with Crippen molar-refractivity contribution in [3.05, 3.63) is 56.2 Å². The normalized spacial score (nSPS) is 20.6. The van der Waals surface area contributed by atoms with Crippen molar-refractivity contribution in [3.63, 3.8) is 0 Å². The van der Waals surface area contributed by atoms with Crippen molar-refractivity contribution in [1.82, 2.24) is 36.4 Å². The van der Waals surface area contributed by atoms with Gasteiger partial charge in [-0.1, -0.05) is 17.8 Å². The average Bonchev–Trinajstić information content (AvgIpc) is 3.62. The highest BCUT2D eigenvalue weighted by atomic mass is 35.5. The van der Waals surface area contributed by atoms with Gasteiger partial charge in [0, 0.05) is 34.1 Å². The molecule has 2 fully saturated rings. The van der Waals surface area contributed by atoms with Crippen molar-refractivity contribution >= 4 is 76.3 Å². The zero-order valence-electron chi connectivity index (χ0n) is 20.7. The first-order valence-electron chi connectivity index (χ1n) is 11.9. The maximum atomic E-state index is 13.3. The van der Waals surface area contributed by atoms with Gasteiger partial charge in [0.2, 0.25) is 5.91 Å². The Labute approximate surface area is 249 Å². The number of aliphatic carboxylic acids is 1. The zero-order valence-corrected chi connectivity index (χ0v) is 23.9. The van der Waals surface area contributed by atoms with Crippen LogP contribution in [0, 0.1) is 5.21 Å². The Bertz CT molecular complexity index is 1440. The summed E-state index contributed by atoms with van der Waals surface area (Å²) in [4.78, 5) is 64.8. The van der Waals surface area contributed by atoms with Gasteiger partial charge in [-0.05, 0) is 39.5 Å². The predicted octanol–water partition coefficient (Wildman–Crippen LogP) is 0.241. The summed E-state index contributed by atoms with van der Waals surface area (Å²) >= 11 is 9.31. The van der Waals surface area contributed by atoms with Crippen LogP contribution in [0.1, 0.15) is 10.9 Å². The number of β-lactam (4-membered cyclic amide) rings is 1. The molecule has 0 saturated carbocycles. The maximum absolute atomic E-state index is 13.3. The smallest absolute Gasteiger partial charge is 0.352 e. The SMILES string of the molecule is O=C(NC(C(=O)N[C@H]1C(=O)N2C(C(=O)O)=C(CSc3ccc(Cl)[n+]([O-])n3)CSC12)c1cccs1)NN1CCNC1=O. The number of rotatable bonds is 9. The van der Waals surface area contributed by atoms with Gasteiger partial charge in [-0.2, -0.15) is 0 Å². The Balaban J connectivity index is 1.26. The van der Waals surface area contributed by atoms with E-state index in [-0.39, 0.29) is 33.7 Å². The van der Waals surface area contributed by atoms with Crippen molar-refractivity contribution in [2.24, 2.45) is 0 Å². The van der Waals surface area contributed by atoms with E-state index in [1.54, 1.807) is 17.5 Å². The zero-order chi connectivity index (χ0) is 29.3. The van der Waals surface area contributed by atoms with Crippen LogP contribution in [0.25, 0.3) is 0 Å². The topological polar surface area (TPSA) is 200 Å². The Hall–Kier alpha value is -3.74. The number of aromatic nitrogens is 2. The third-order valence-electron chi connectivity index (χ3n) is 6.14. The van der Waals surface area contributed by atoms with Crippen molar-refractivity contribution in [1.29, 1.82) is 0 Å². The molecule has 0 radical (unpaired) electrons. The standard InChI is InChI=1S/C22H21ClN8O7S3/c23-12-3-4-13(27-31(12)38)40-8-10-9-41-19-15(18(33)30(19)16(10)20(34)35)25-17(32)14(11-2-1-7-39-11)26-21(36)28-29-6-5-24-22(29)37/h1-4,7,14-15,19H,5-6,8-9H2,(H,24,37)(H,25,32)(H,34,35)(H2,26,28,36)/t14?,15-,19?/m0/s1. The Morgan fingerprint density at radius 3 is 2.78 bits per heavy atom. The van der Waals surface area contributed by atoms with Crippen LogP contribution in [0.2, 0.25) is 5.15 Å². The molecule has 216 valence electrons. The minimum absolute atomic E-state index is 0.105. The lowest BCUT2D eigenvalue weighted by Crippen LogP contribution is -2.71. The van der Waals surface area contributed by atoms with Crippen LogP contribution in [-0.2, 0) is 14.4 Å². The molecule has 3 aliphatic heterocycles. The minimum atomic E-state index is -1.30. The molecule has 2 saturated heterocycles. The lowest BCUT2D eigenvalue weighted by Gasteiger charge is -2.49. The van der Waals surface area contributed by atoms with Gasteiger partial charge < -0.3 is 26.3 Å². The number of carbonyl (C=O) groups excluding carboxylic acids is 4. The molecule has 5 N–H and O–H groups in total. The van der Waals surface area contributed by atoms with Crippen molar-refractivity contribution < 1.29 is 33.9 Å². The fourth-order valence-corrected chi connectivity index (χ4v) is 7.44. The van der Waals surface area contributed by atoms with E-state index >= 15 is 0 Å². The highest BCUT2D eigenvalue weighted by Crippen LogP contribution is 2.41. The number of carbonyl (C=O) groups is 5. The molecular formula is C22H21ClN8O7S3. The third-order valence-corrected chi connectivity index (χ3v) is 9.69. The summed E-state index contributed by atoms with van der Waals surface area (Å²) in [7, 11) is 0. The Morgan fingerprint density at radius 1 is 1.32 bits per heavy atom. The fraction of sp³-hybridized carbons (Fsp3) is 0.318. The van der Waals surface area contributed by atoms with E-state index in [1.165, 1.54) is 35.2 Å². The van der Waals surface area contributed by atoms with Gasteiger partial charge in [-0.3, -0.25) is 14.5 Å². The molecule has 5 heterocycles. The molecule has 5 rings (SSSR count). The van der Waals surface area contributed by atoms with Crippen LogP contribution in [0.15, 0.2) is 45.9 Å². The van der Waals surface area contributed by atoms with Gasteiger partial charge in [0.1, 0.15) is 23.2 Å². The second-order valence-corrected chi connectivity index (χ2v) is 12.2. The number of carboxylic acid groups (broad SMARTS) is 1. The van der Waals surface area contributed by atoms with E-state index in [2.05, 4.69) is 26.5 Å². The molecule has 2 aromatic rings. The molecule has 0 bridgehead atoms. The van der Waals surface area contributed by atoms with Gasteiger partial charge in [0.25, 0.3) is 5.91 Å². The molecule has 41 heavy (non-hydrogen) atoms. The number of halogens is 1. The van der Waals surface area contributed by atoms with Gasteiger partial charge in [0.15, 0.2) is 5.03 Å². The summed E-state index contributed by atoms with van der Waals surface area (Å²) < 4.78 is 0. The summed E-state index contributed by atoms with van der Waals surface area (Å²) in [6.45, 7) is 0.612. The van der Waals surface area contributed by atoms with E-state index < -0.39 is 47.3 Å². The molecule has 0 spiro atoms. The second kappa shape index (κ2) is 12.0. The lowest BCUT2D eigenvalue weighted by atomic mass is 10.0. The van der Waals surface area contributed by atoms with Crippen LogP contribution in [0.4, 0.5) is 9.59 Å². The Morgan fingerprint density at radius 2 is 2.12 bits per heavy atom. The number of nitrogens with one attached hydrogen (secondary N) is 4. The summed E-state index contributed by atoms with van der Waals surface area (Å²) in [5, 5.41) is 35.4. The molecule has 0 aliphatic carbocycles. The number of amides is 6. The summed E-state index contributed by atoms with van der Waals surface area (Å²) in [5.74, 6) is -2.17. The molecule has 2 unspecified atom stereocenters. The number of nitrogens with zero attached hydrogens (tertiary/aromatic N) is 4. The first-order valence-corrected chi connectivity index (χ1v) is 15.2. The van der Waals surface area contributed by atoms with E-state index in [4.69, 9.17) is 11.6 Å². The number of fused-ring (bicyclic) bond motifs is 1. The highest BCUT2D eigenvalue weighted by molar-refractivity contribution is 8.01. The molecule has 6 amide bonds. The number of urea groups is 2. The minimum Gasteiger partial charge on any atom is -0.593 e. The number of thioether (sulfide) groups is 2. The number of hydrazine groups is 1. The van der Waals surface area contributed by atoms with Crippen molar-refractivity contribution in [3.8, 4) is 0 Å². The predicted molar refractivity (Wildman–Crippen MR) is 147 cm³/mol. The first-order chi connectivity index (χ1) is 19.6. The fourth-order valence-electron chi connectivity index (χ4n) is 4.23. The number of hydrogen-bond donors (Lipinski definition) is 5. The second-order valence-electron chi connectivity index (χ2n) is 8.73. The van der Waals surface area contributed by atoms with Gasteiger partial charge in [-0.25, -0.2) is 24.8 Å². The third kappa shape index (κ3) is 5.99. The Kier molecular flexibility index (Phi) is 8.43. The van der Waals surface area contributed by atoms with Gasteiger partial charge >= 0.3 is 23.2 Å². The molecule has 0 aromatic carbocycles. The van der Waals surface area contributed by atoms with E-state index in [9.17, 15) is 34.3 Å². The largest absolute Gasteiger partial charge is 0.593 e. The molecule has 19 heteroatoms. The molecular weight excluding hydrogens is 620 g/mol. The highest BCUT2D eigenvalue weighted by Gasteiger charge is 2.54. The van der Waals surface area contributed by atoms with Crippen LogP contribution < -0.4 is 26.2 Å².